The van der Waals surface area contributed by atoms with Gasteiger partial charge in [0.15, 0.2) is 0 Å². The zero-order valence-corrected chi connectivity index (χ0v) is 5.82. The minimum absolute atomic E-state index is 0.570. The smallest absolute Gasteiger partial charge is 0.0527 e. The first kappa shape index (κ1) is 7.31. The second kappa shape index (κ2) is 3.39. The van der Waals surface area contributed by atoms with E-state index in [-0.39, 0.29) is 0 Å². The molecule has 2 N–H and O–H groups in total. The standard InChI is InChI=1S/C6H6ClFN2/c7-5-2-1-3-6(4-5)9-10-8/h1-4,9-10H. The zero-order valence-electron chi connectivity index (χ0n) is 5.07. The van der Waals surface area contributed by atoms with Crippen molar-refractivity contribution in [2.75, 3.05) is 5.43 Å². The summed E-state index contributed by atoms with van der Waals surface area (Å²) in [5.74, 6) is 0. The zero-order chi connectivity index (χ0) is 7.40. The third-order valence-corrected chi connectivity index (χ3v) is 1.25. The molecule has 1 aromatic rings. The highest BCUT2D eigenvalue weighted by Crippen LogP contribution is 2.13. The van der Waals surface area contributed by atoms with E-state index in [9.17, 15) is 4.48 Å². The summed E-state index contributed by atoms with van der Waals surface area (Å²) in [5, 5.41) is 0.570. The maximum atomic E-state index is 11.4. The molecule has 0 saturated heterocycles. The van der Waals surface area contributed by atoms with Crippen LogP contribution in [0.25, 0.3) is 0 Å². The van der Waals surface area contributed by atoms with Gasteiger partial charge in [0.05, 0.1) is 5.69 Å². The van der Waals surface area contributed by atoms with E-state index in [1.807, 2.05) is 0 Å². The molecule has 0 unspecified atom stereocenters. The number of anilines is 1. The quantitative estimate of drug-likeness (QED) is 0.512. The van der Waals surface area contributed by atoms with Gasteiger partial charge in [-0.05, 0) is 18.2 Å². The molecule has 10 heavy (non-hydrogen) atoms. The van der Waals surface area contributed by atoms with Crippen LogP contribution in [0, 0.1) is 0 Å². The van der Waals surface area contributed by atoms with Crippen LogP contribution in [0.1, 0.15) is 0 Å². The Labute approximate surface area is 62.9 Å². The van der Waals surface area contributed by atoms with Crippen molar-refractivity contribution in [3.8, 4) is 0 Å². The molecular formula is C6H6ClFN2. The molecule has 0 bridgehead atoms. The summed E-state index contributed by atoms with van der Waals surface area (Å²) in [6, 6.07) is 6.74. The van der Waals surface area contributed by atoms with E-state index in [1.54, 1.807) is 24.3 Å². The number of hydrazine groups is 1. The van der Waals surface area contributed by atoms with Crippen molar-refractivity contribution in [2.24, 2.45) is 0 Å². The second-order valence-corrected chi connectivity index (χ2v) is 2.17. The van der Waals surface area contributed by atoms with Crippen LogP contribution < -0.4 is 11.1 Å². The van der Waals surface area contributed by atoms with Crippen LogP contribution in [0.2, 0.25) is 5.02 Å². The molecule has 0 radical (unpaired) electrons. The first-order valence-electron chi connectivity index (χ1n) is 2.70. The van der Waals surface area contributed by atoms with E-state index in [1.165, 1.54) is 5.65 Å². The molecule has 0 spiro atoms. The van der Waals surface area contributed by atoms with Crippen molar-refractivity contribution >= 4 is 17.3 Å². The van der Waals surface area contributed by atoms with Crippen LogP contribution in [0.3, 0.4) is 0 Å². The fraction of sp³-hybridized carbons (Fsp3) is 0. The number of rotatable bonds is 2. The van der Waals surface area contributed by atoms with Gasteiger partial charge >= 0.3 is 0 Å². The van der Waals surface area contributed by atoms with Crippen LogP contribution in [0.4, 0.5) is 10.2 Å². The van der Waals surface area contributed by atoms with Crippen molar-refractivity contribution in [3.05, 3.63) is 29.3 Å². The molecule has 0 fully saturated rings. The molecule has 0 aliphatic rings. The van der Waals surface area contributed by atoms with Crippen molar-refractivity contribution in [3.63, 3.8) is 0 Å². The van der Waals surface area contributed by atoms with Gasteiger partial charge in [-0.3, -0.25) is 5.43 Å². The molecule has 54 valence electrons. The van der Waals surface area contributed by atoms with E-state index in [4.69, 9.17) is 11.6 Å². The van der Waals surface area contributed by atoms with Gasteiger partial charge in [0.2, 0.25) is 0 Å². The third-order valence-electron chi connectivity index (χ3n) is 1.02. The Morgan fingerprint density at radius 2 is 2.20 bits per heavy atom. The molecular weight excluding hydrogens is 155 g/mol. The number of nitrogens with one attached hydrogen (secondary N) is 2. The van der Waals surface area contributed by atoms with Gasteiger partial charge in [-0.25, -0.2) is 0 Å². The number of benzene rings is 1. The lowest BCUT2D eigenvalue weighted by atomic mass is 10.3. The molecule has 1 aromatic carbocycles. The molecule has 0 aromatic heterocycles. The Morgan fingerprint density at radius 1 is 1.40 bits per heavy atom. The van der Waals surface area contributed by atoms with E-state index >= 15 is 0 Å². The van der Waals surface area contributed by atoms with Gasteiger partial charge in [-0.15, -0.1) is 4.48 Å². The van der Waals surface area contributed by atoms with Crippen LogP contribution in [0.5, 0.6) is 0 Å². The predicted molar refractivity (Wildman–Crippen MR) is 39.3 cm³/mol. The minimum Gasteiger partial charge on any atom is -0.295 e. The molecule has 1 rings (SSSR count). The van der Waals surface area contributed by atoms with Crippen LogP contribution in [-0.2, 0) is 0 Å². The minimum atomic E-state index is 0.570. The Balaban J connectivity index is 2.75. The molecule has 4 heteroatoms. The molecule has 0 aliphatic heterocycles. The molecule has 0 heterocycles. The van der Waals surface area contributed by atoms with Gasteiger partial charge in [-0.2, -0.15) is 0 Å². The highest BCUT2D eigenvalue weighted by atomic mass is 35.5. The SMILES string of the molecule is FNNc1cccc(Cl)c1. The summed E-state index contributed by atoms with van der Waals surface area (Å²) in [6.07, 6.45) is 0. The summed E-state index contributed by atoms with van der Waals surface area (Å²) < 4.78 is 11.4. The van der Waals surface area contributed by atoms with E-state index in [0.29, 0.717) is 10.7 Å². The normalized spacial score (nSPS) is 9.40. The summed E-state index contributed by atoms with van der Waals surface area (Å²) in [7, 11) is 0. The second-order valence-electron chi connectivity index (χ2n) is 1.73. The summed E-state index contributed by atoms with van der Waals surface area (Å²) in [4.78, 5) is 0. The summed E-state index contributed by atoms with van der Waals surface area (Å²) in [6.45, 7) is 0. The highest BCUT2D eigenvalue weighted by molar-refractivity contribution is 6.30. The maximum absolute atomic E-state index is 11.4. The highest BCUT2D eigenvalue weighted by Gasteiger charge is 1.89. The third kappa shape index (κ3) is 1.86. The lowest BCUT2D eigenvalue weighted by Gasteiger charge is -1.99. The fourth-order valence-electron chi connectivity index (χ4n) is 0.621. The van der Waals surface area contributed by atoms with Crippen LogP contribution in [-0.4, -0.2) is 0 Å². The molecule has 2 nitrogen and oxygen atoms in total. The van der Waals surface area contributed by atoms with Gasteiger partial charge in [0.25, 0.3) is 0 Å². The Morgan fingerprint density at radius 3 is 2.80 bits per heavy atom. The molecule has 0 amide bonds. The van der Waals surface area contributed by atoms with Gasteiger partial charge in [0, 0.05) is 5.02 Å². The molecule has 0 atom stereocenters. The van der Waals surface area contributed by atoms with E-state index in [2.05, 4.69) is 5.43 Å². The van der Waals surface area contributed by atoms with Gasteiger partial charge < -0.3 is 0 Å². The van der Waals surface area contributed by atoms with Gasteiger partial charge in [0.1, 0.15) is 0 Å². The largest absolute Gasteiger partial charge is 0.295 e. The number of halogens is 2. The van der Waals surface area contributed by atoms with Crippen LogP contribution in [0.15, 0.2) is 24.3 Å². The topological polar surface area (TPSA) is 24.1 Å². The van der Waals surface area contributed by atoms with Crippen molar-refractivity contribution < 1.29 is 4.48 Å². The Hall–Kier alpha value is -0.800. The van der Waals surface area contributed by atoms with Crippen LogP contribution >= 0.6 is 11.6 Å². The lowest BCUT2D eigenvalue weighted by Crippen LogP contribution is -2.09. The predicted octanol–water partition coefficient (Wildman–Crippen LogP) is 2.14. The van der Waals surface area contributed by atoms with Crippen molar-refractivity contribution in [1.29, 1.82) is 0 Å². The van der Waals surface area contributed by atoms with E-state index < -0.39 is 0 Å². The molecule has 0 saturated carbocycles. The monoisotopic (exact) mass is 160 g/mol. The Kier molecular flexibility index (Phi) is 2.48. The summed E-state index contributed by atoms with van der Waals surface area (Å²) >= 11 is 5.59. The van der Waals surface area contributed by atoms with E-state index in [0.717, 1.165) is 0 Å². The maximum Gasteiger partial charge on any atom is 0.0527 e. The Bertz CT molecular complexity index is 217. The average Bonchev–Trinajstić information content (AvgIpc) is 1.88. The summed E-state index contributed by atoms with van der Waals surface area (Å²) in [5.41, 5.74) is 4.14. The lowest BCUT2D eigenvalue weighted by molar-refractivity contribution is 0.376. The average molecular weight is 161 g/mol. The molecule has 0 aliphatic carbocycles. The first-order valence-corrected chi connectivity index (χ1v) is 3.08. The van der Waals surface area contributed by atoms with Gasteiger partial charge in [-0.1, -0.05) is 23.3 Å². The van der Waals surface area contributed by atoms with Crippen molar-refractivity contribution in [2.45, 2.75) is 0 Å². The number of hydrogen-bond acceptors (Lipinski definition) is 2. The number of hydrogen-bond donors (Lipinski definition) is 2. The fourth-order valence-corrected chi connectivity index (χ4v) is 0.811. The van der Waals surface area contributed by atoms with Crippen molar-refractivity contribution in [1.82, 2.24) is 5.65 Å². The first-order chi connectivity index (χ1) is 4.83.